The molecule has 15 heavy (non-hydrogen) atoms. The quantitative estimate of drug-likeness (QED) is 0.814. The molecule has 0 fully saturated rings. The van der Waals surface area contributed by atoms with E-state index in [0.717, 1.165) is 6.07 Å². The summed E-state index contributed by atoms with van der Waals surface area (Å²) in [5.74, 6) is -3.99. The number of halogens is 2. The molecule has 82 valence electrons. The lowest BCUT2D eigenvalue weighted by atomic mass is 10.1. The summed E-state index contributed by atoms with van der Waals surface area (Å²) in [5.41, 5.74) is -0.700. The number of benzene rings is 1. The smallest absolute Gasteiger partial charge is 0.338 e. The van der Waals surface area contributed by atoms with Gasteiger partial charge in [-0.1, -0.05) is 0 Å². The minimum absolute atomic E-state index is 0.0347. The van der Waals surface area contributed by atoms with E-state index in [2.05, 4.69) is 5.32 Å². The molecule has 0 saturated heterocycles. The van der Waals surface area contributed by atoms with Crippen LogP contribution in [0, 0.1) is 11.6 Å². The van der Waals surface area contributed by atoms with E-state index in [-0.39, 0.29) is 11.7 Å². The number of hydrogen-bond acceptors (Lipinski definition) is 2. The van der Waals surface area contributed by atoms with Gasteiger partial charge >= 0.3 is 5.97 Å². The van der Waals surface area contributed by atoms with E-state index >= 15 is 0 Å². The molecular weight excluding hydrogens is 204 g/mol. The van der Waals surface area contributed by atoms with Crippen molar-refractivity contribution in [3.8, 4) is 0 Å². The minimum atomic E-state index is -1.48. The molecule has 0 atom stereocenters. The Kier molecular flexibility index (Phi) is 3.24. The van der Waals surface area contributed by atoms with Gasteiger partial charge in [-0.05, 0) is 26.0 Å². The second-order valence-corrected chi connectivity index (χ2v) is 3.39. The molecule has 0 spiro atoms. The van der Waals surface area contributed by atoms with Gasteiger partial charge in [0.2, 0.25) is 0 Å². The average molecular weight is 215 g/mol. The van der Waals surface area contributed by atoms with E-state index in [1.54, 1.807) is 13.8 Å². The molecule has 0 radical (unpaired) electrons. The van der Waals surface area contributed by atoms with Crippen LogP contribution >= 0.6 is 0 Å². The van der Waals surface area contributed by atoms with E-state index in [1.807, 2.05) is 0 Å². The van der Waals surface area contributed by atoms with Crippen LogP contribution in [0.3, 0.4) is 0 Å². The van der Waals surface area contributed by atoms with Crippen molar-refractivity contribution in [2.45, 2.75) is 19.9 Å². The van der Waals surface area contributed by atoms with Crippen LogP contribution in [0.15, 0.2) is 12.1 Å². The molecule has 1 aromatic carbocycles. The molecule has 0 amide bonds. The second-order valence-electron chi connectivity index (χ2n) is 3.39. The number of aromatic carboxylic acids is 1. The monoisotopic (exact) mass is 215 g/mol. The van der Waals surface area contributed by atoms with Crippen molar-refractivity contribution in [2.24, 2.45) is 0 Å². The fraction of sp³-hybridized carbons (Fsp3) is 0.300. The van der Waals surface area contributed by atoms with Crippen LogP contribution in [0.2, 0.25) is 0 Å². The minimum Gasteiger partial charge on any atom is -0.478 e. The van der Waals surface area contributed by atoms with Crippen LogP contribution in [0.1, 0.15) is 24.2 Å². The van der Waals surface area contributed by atoms with Crippen LogP contribution in [0.25, 0.3) is 0 Å². The maximum atomic E-state index is 13.3. The number of hydrogen-bond donors (Lipinski definition) is 2. The number of nitrogens with one attached hydrogen (secondary N) is 1. The van der Waals surface area contributed by atoms with Crippen molar-refractivity contribution in [1.82, 2.24) is 0 Å². The molecule has 1 aromatic rings. The molecule has 5 heteroatoms. The Bertz CT molecular complexity index is 391. The van der Waals surface area contributed by atoms with Gasteiger partial charge in [-0.25, -0.2) is 13.6 Å². The third-order valence-electron chi connectivity index (χ3n) is 1.76. The highest BCUT2D eigenvalue weighted by Gasteiger charge is 2.17. The third-order valence-corrected chi connectivity index (χ3v) is 1.76. The SMILES string of the molecule is CC(C)Nc1ccc(C(=O)O)c(F)c1F. The van der Waals surface area contributed by atoms with Crippen LogP contribution in [-0.4, -0.2) is 17.1 Å². The first-order valence-electron chi connectivity index (χ1n) is 4.41. The zero-order valence-electron chi connectivity index (χ0n) is 8.34. The molecule has 1 rings (SSSR count). The predicted molar refractivity (Wildman–Crippen MR) is 52.1 cm³/mol. The zero-order valence-corrected chi connectivity index (χ0v) is 8.34. The number of anilines is 1. The normalized spacial score (nSPS) is 10.5. The first-order chi connectivity index (χ1) is 6.93. The molecule has 0 aliphatic rings. The van der Waals surface area contributed by atoms with Crippen molar-refractivity contribution < 1.29 is 18.7 Å². The van der Waals surface area contributed by atoms with E-state index in [4.69, 9.17) is 5.11 Å². The standard InChI is InChI=1S/C10H11F2NO2/c1-5(2)13-7-4-3-6(10(14)15)8(11)9(7)12/h3-5,13H,1-2H3,(H,14,15). The molecular formula is C10H11F2NO2. The van der Waals surface area contributed by atoms with Gasteiger partial charge < -0.3 is 10.4 Å². The summed E-state index contributed by atoms with van der Waals surface area (Å²) in [7, 11) is 0. The Labute approximate surface area is 85.7 Å². The maximum absolute atomic E-state index is 13.3. The van der Waals surface area contributed by atoms with Crippen molar-refractivity contribution >= 4 is 11.7 Å². The largest absolute Gasteiger partial charge is 0.478 e. The summed E-state index contributed by atoms with van der Waals surface area (Å²) in [4.78, 5) is 10.5. The lowest BCUT2D eigenvalue weighted by Gasteiger charge is -2.11. The third kappa shape index (κ3) is 2.43. The van der Waals surface area contributed by atoms with Crippen LogP contribution in [0.5, 0.6) is 0 Å². The zero-order chi connectivity index (χ0) is 11.6. The number of carboxylic acids is 1. The van der Waals surface area contributed by atoms with Crippen molar-refractivity contribution in [3.63, 3.8) is 0 Å². The second kappa shape index (κ2) is 4.25. The summed E-state index contributed by atoms with van der Waals surface area (Å²) in [6, 6.07) is 2.18. The average Bonchev–Trinajstić information content (AvgIpc) is 2.12. The molecule has 0 aromatic heterocycles. The van der Waals surface area contributed by atoms with Crippen molar-refractivity contribution in [3.05, 3.63) is 29.3 Å². The Morgan fingerprint density at radius 1 is 1.33 bits per heavy atom. The highest BCUT2D eigenvalue weighted by Crippen LogP contribution is 2.21. The lowest BCUT2D eigenvalue weighted by molar-refractivity contribution is 0.0690. The fourth-order valence-electron chi connectivity index (χ4n) is 1.14. The van der Waals surface area contributed by atoms with Gasteiger partial charge in [0.25, 0.3) is 0 Å². The van der Waals surface area contributed by atoms with Crippen molar-refractivity contribution in [1.29, 1.82) is 0 Å². The van der Waals surface area contributed by atoms with Crippen LogP contribution in [-0.2, 0) is 0 Å². The summed E-state index contributed by atoms with van der Waals surface area (Å²) in [6.45, 7) is 3.53. The van der Waals surface area contributed by atoms with Gasteiger partial charge in [-0.2, -0.15) is 0 Å². The molecule has 0 heterocycles. The first kappa shape index (κ1) is 11.4. The molecule has 2 N–H and O–H groups in total. The van der Waals surface area contributed by atoms with Gasteiger partial charge in [0.15, 0.2) is 11.6 Å². The van der Waals surface area contributed by atoms with Gasteiger partial charge in [0, 0.05) is 6.04 Å². The first-order valence-corrected chi connectivity index (χ1v) is 4.41. The Hall–Kier alpha value is -1.65. The highest BCUT2D eigenvalue weighted by atomic mass is 19.2. The number of carboxylic acid groups (broad SMARTS) is 1. The molecule has 0 saturated carbocycles. The van der Waals surface area contributed by atoms with Gasteiger partial charge in [0.1, 0.15) is 0 Å². The molecule has 0 bridgehead atoms. The van der Waals surface area contributed by atoms with Gasteiger partial charge in [0.05, 0.1) is 11.3 Å². The van der Waals surface area contributed by atoms with Crippen LogP contribution in [0.4, 0.5) is 14.5 Å². The Balaban J connectivity index is 3.15. The highest BCUT2D eigenvalue weighted by molar-refractivity contribution is 5.88. The number of rotatable bonds is 3. The van der Waals surface area contributed by atoms with Crippen LogP contribution < -0.4 is 5.32 Å². The van der Waals surface area contributed by atoms with Gasteiger partial charge in [-0.15, -0.1) is 0 Å². The molecule has 0 aliphatic carbocycles. The number of carbonyl (C=O) groups is 1. The predicted octanol–water partition coefficient (Wildman–Crippen LogP) is 2.48. The summed E-state index contributed by atoms with van der Waals surface area (Å²) in [5, 5.41) is 11.2. The lowest BCUT2D eigenvalue weighted by Crippen LogP contribution is -2.13. The van der Waals surface area contributed by atoms with E-state index < -0.39 is 23.2 Å². The van der Waals surface area contributed by atoms with E-state index in [9.17, 15) is 13.6 Å². The molecule has 0 aliphatic heterocycles. The summed E-state index contributed by atoms with van der Waals surface area (Å²) >= 11 is 0. The van der Waals surface area contributed by atoms with Crippen molar-refractivity contribution in [2.75, 3.05) is 5.32 Å². The fourth-order valence-corrected chi connectivity index (χ4v) is 1.14. The molecule has 3 nitrogen and oxygen atoms in total. The summed E-state index contributed by atoms with van der Waals surface area (Å²) in [6.07, 6.45) is 0. The van der Waals surface area contributed by atoms with E-state index in [1.165, 1.54) is 6.07 Å². The Morgan fingerprint density at radius 3 is 2.40 bits per heavy atom. The maximum Gasteiger partial charge on any atom is 0.338 e. The van der Waals surface area contributed by atoms with Gasteiger partial charge in [-0.3, -0.25) is 0 Å². The van der Waals surface area contributed by atoms with E-state index in [0.29, 0.717) is 0 Å². The topological polar surface area (TPSA) is 49.3 Å². The Morgan fingerprint density at radius 2 is 1.93 bits per heavy atom. The summed E-state index contributed by atoms with van der Waals surface area (Å²) < 4.78 is 26.4. The molecule has 0 unspecified atom stereocenters.